The molecule has 2 aromatic rings. The zero-order chi connectivity index (χ0) is 13.9. The zero-order valence-corrected chi connectivity index (χ0v) is 11.8. The monoisotopic (exact) mass is 272 g/mol. The van der Waals surface area contributed by atoms with Crippen molar-refractivity contribution >= 4 is 10.9 Å². The Morgan fingerprint density at radius 3 is 3.15 bits per heavy atom. The Kier molecular flexibility index (Phi) is 3.83. The molecule has 4 heteroatoms. The van der Waals surface area contributed by atoms with Gasteiger partial charge in [0.1, 0.15) is 0 Å². The Bertz CT molecular complexity index is 657. The van der Waals surface area contributed by atoms with Crippen LogP contribution in [0.1, 0.15) is 24.8 Å². The van der Waals surface area contributed by atoms with Crippen molar-refractivity contribution in [1.82, 2.24) is 9.55 Å². The van der Waals surface area contributed by atoms with Gasteiger partial charge in [-0.3, -0.25) is 9.36 Å². The second kappa shape index (κ2) is 5.75. The maximum atomic E-state index is 12.5. The number of hydrogen-bond acceptors (Lipinski definition) is 3. The maximum absolute atomic E-state index is 12.5. The summed E-state index contributed by atoms with van der Waals surface area (Å²) in [6.45, 7) is 4.48. The molecule has 2 heterocycles. The van der Waals surface area contributed by atoms with Crippen molar-refractivity contribution in [3.63, 3.8) is 0 Å². The van der Waals surface area contributed by atoms with Crippen molar-refractivity contribution in [3.05, 3.63) is 40.4 Å². The van der Waals surface area contributed by atoms with E-state index in [9.17, 15) is 4.79 Å². The average molecular weight is 272 g/mol. The summed E-state index contributed by atoms with van der Waals surface area (Å²) in [5.41, 5.74) is 1.87. The highest BCUT2D eigenvalue weighted by Crippen LogP contribution is 2.18. The summed E-state index contributed by atoms with van der Waals surface area (Å²) >= 11 is 0. The quantitative estimate of drug-likeness (QED) is 0.859. The lowest BCUT2D eigenvalue weighted by Crippen LogP contribution is -2.21. The van der Waals surface area contributed by atoms with E-state index in [4.69, 9.17) is 4.74 Å². The van der Waals surface area contributed by atoms with E-state index in [0.29, 0.717) is 5.92 Å². The number of aryl methyl sites for hydroxylation is 2. The number of hydrogen-bond donors (Lipinski definition) is 0. The molecule has 0 bridgehead atoms. The van der Waals surface area contributed by atoms with Gasteiger partial charge in [0, 0.05) is 19.8 Å². The first-order chi connectivity index (χ1) is 9.75. The molecule has 1 atom stereocenters. The van der Waals surface area contributed by atoms with Gasteiger partial charge < -0.3 is 4.74 Å². The highest BCUT2D eigenvalue weighted by molar-refractivity contribution is 5.80. The summed E-state index contributed by atoms with van der Waals surface area (Å²) in [5.74, 6) is 0.667. The van der Waals surface area contributed by atoms with E-state index in [1.807, 2.05) is 25.1 Å². The summed E-state index contributed by atoms with van der Waals surface area (Å²) in [7, 11) is 0. The van der Waals surface area contributed by atoms with Crippen LogP contribution in [0.2, 0.25) is 0 Å². The lowest BCUT2D eigenvalue weighted by molar-refractivity contribution is 0.183. The van der Waals surface area contributed by atoms with Crippen molar-refractivity contribution in [2.75, 3.05) is 13.2 Å². The zero-order valence-electron chi connectivity index (χ0n) is 11.8. The summed E-state index contributed by atoms with van der Waals surface area (Å²) in [6.07, 6.45) is 4.96. The van der Waals surface area contributed by atoms with Crippen molar-refractivity contribution in [3.8, 4) is 0 Å². The van der Waals surface area contributed by atoms with Crippen LogP contribution in [0.25, 0.3) is 10.9 Å². The highest BCUT2D eigenvalue weighted by Gasteiger charge is 2.15. The summed E-state index contributed by atoms with van der Waals surface area (Å²) in [6, 6.07) is 5.80. The smallest absolute Gasteiger partial charge is 0.261 e. The first-order valence-corrected chi connectivity index (χ1v) is 7.28. The maximum Gasteiger partial charge on any atom is 0.261 e. The van der Waals surface area contributed by atoms with Crippen LogP contribution in [0.3, 0.4) is 0 Å². The van der Waals surface area contributed by atoms with Gasteiger partial charge >= 0.3 is 0 Å². The van der Waals surface area contributed by atoms with E-state index in [1.54, 1.807) is 10.9 Å². The lowest BCUT2D eigenvalue weighted by atomic mass is 10.0. The van der Waals surface area contributed by atoms with E-state index in [0.717, 1.165) is 55.5 Å². The predicted molar refractivity (Wildman–Crippen MR) is 78.9 cm³/mol. The summed E-state index contributed by atoms with van der Waals surface area (Å²) in [5, 5.41) is 0.749. The van der Waals surface area contributed by atoms with Crippen LogP contribution in [0.15, 0.2) is 29.3 Å². The van der Waals surface area contributed by atoms with Gasteiger partial charge in [-0.2, -0.15) is 0 Å². The molecule has 20 heavy (non-hydrogen) atoms. The summed E-state index contributed by atoms with van der Waals surface area (Å²) < 4.78 is 7.12. The third-order valence-electron chi connectivity index (χ3n) is 4.10. The standard InChI is InChI=1S/C16H20N2O2/c1-12-4-2-6-14-15(12)16(19)18(11-17-14)8-3-5-13-7-9-20-10-13/h2,4,6,11,13H,3,5,7-10H2,1H3/t13-/m0/s1. The molecule has 0 saturated carbocycles. The van der Waals surface area contributed by atoms with Gasteiger partial charge in [0.2, 0.25) is 0 Å². The van der Waals surface area contributed by atoms with E-state index < -0.39 is 0 Å². The minimum Gasteiger partial charge on any atom is -0.381 e. The van der Waals surface area contributed by atoms with Gasteiger partial charge in [-0.05, 0) is 43.7 Å². The molecule has 1 aliphatic rings. The first kappa shape index (κ1) is 13.3. The molecule has 1 saturated heterocycles. The minimum atomic E-state index is 0.0794. The molecule has 1 fully saturated rings. The fraction of sp³-hybridized carbons (Fsp3) is 0.500. The molecule has 0 spiro atoms. The van der Waals surface area contributed by atoms with Crippen LogP contribution < -0.4 is 5.56 Å². The molecule has 106 valence electrons. The lowest BCUT2D eigenvalue weighted by Gasteiger charge is -2.10. The molecule has 1 aromatic heterocycles. The fourth-order valence-corrected chi connectivity index (χ4v) is 2.89. The van der Waals surface area contributed by atoms with E-state index in [2.05, 4.69) is 4.98 Å². The van der Waals surface area contributed by atoms with Gasteiger partial charge in [0.25, 0.3) is 5.56 Å². The van der Waals surface area contributed by atoms with E-state index in [-0.39, 0.29) is 5.56 Å². The molecule has 1 aromatic carbocycles. The van der Waals surface area contributed by atoms with Gasteiger partial charge in [-0.15, -0.1) is 0 Å². The Hall–Kier alpha value is -1.68. The van der Waals surface area contributed by atoms with Crippen LogP contribution >= 0.6 is 0 Å². The number of ether oxygens (including phenoxy) is 1. The van der Waals surface area contributed by atoms with E-state index in [1.165, 1.54) is 0 Å². The molecule has 0 aliphatic carbocycles. The van der Waals surface area contributed by atoms with Gasteiger partial charge in [0.15, 0.2) is 0 Å². The Balaban J connectivity index is 1.76. The topological polar surface area (TPSA) is 44.1 Å². The van der Waals surface area contributed by atoms with Crippen LogP contribution in [0.5, 0.6) is 0 Å². The highest BCUT2D eigenvalue weighted by atomic mass is 16.5. The van der Waals surface area contributed by atoms with Crippen LogP contribution in [-0.2, 0) is 11.3 Å². The van der Waals surface area contributed by atoms with Crippen LogP contribution in [0, 0.1) is 12.8 Å². The predicted octanol–water partition coefficient (Wildman–Crippen LogP) is 2.52. The second-order valence-corrected chi connectivity index (χ2v) is 5.58. The number of benzene rings is 1. The Morgan fingerprint density at radius 2 is 2.35 bits per heavy atom. The second-order valence-electron chi connectivity index (χ2n) is 5.58. The van der Waals surface area contributed by atoms with Crippen molar-refractivity contribution < 1.29 is 4.74 Å². The number of nitrogens with zero attached hydrogens (tertiary/aromatic N) is 2. The Morgan fingerprint density at radius 1 is 1.45 bits per heavy atom. The van der Waals surface area contributed by atoms with Gasteiger partial charge in [0.05, 0.1) is 17.2 Å². The third-order valence-corrected chi connectivity index (χ3v) is 4.10. The fourth-order valence-electron chi connectivity index (χ4n) is 2.89. The number of aromatic nitrogens is 2. The number of fused-ring (bicyclic) bond motifs is 1. The van der Waals surface area contributed by atoms with Gasteiger partial charge in [-0.25, -0.2) is 4.98 Å². The summed E-state index contributed by atoms with van der Waals surface area (Å²) in [4.78, 5) is 16.9. The molecule has 0 N–H and O–H groups in total. The molecule has 3 rings (SSSR count). The minimum absolute atomic E-state index is 0.0794. The van der Waals surface area contributed by atoms with Gasteiger partial charge in [-0.1, -0.05) is 12.1 Å². The normalized spacial score (nSPS) is 18.8. The molecule has 0 unspecified atom stereocenters. The molecule has 0 radical (unpaired) electrons. The largest absolute Gasteiger partial charge is 0.381 e. The molecule has 4 nitrogen and oxygen atoms in total. The first-order valence-electron chi connectivity index (χ1n) is 7.28. The van der Waals surface area contributed by atoms with Crippen molar-refractivity contribution in [1.29, 1.82) is 0 Å². The van der Waals surface area contributed by atoms with Crippen LogP contribution in [0.4, 0.5) is 0 Å². The van der Waals surface area contributed by atoms with Crippen LogP contribution in [-0.4, -0.2) is 22.8 Å². The SMILES string of the molecule is Cc1cccc2ncn(CCC[C@H]3CCOC3)c(=O)c12. The molecule has 1 aliphatic heterocycles. The average Bonchev–Trinajstić information content (AvgIpc) is 2.95. The van der Waals surface area contributed by atoms with Crippen molar-refractivity contribution in [2.24, 2.45) is 5.92 Å². The molecule has 0 amide bonds. The van der Waals surface area contributed by atoms with E-state index >= 15 is 0 Å². The Labute approximate surface area is 118 Å². The van der Waals surface area contributed by atoms with Crippen molar-refractivity contribution in [2.45, 2.75) is 32.7 Å². The molecular formula is C16H20N2O2. The third kappa shape index (κ3) is 2.61. The molecular weight excluding hydrogens is 252 g/mol. The number of rotatable bonds is 4.